The highest BCUT2D eigenvalue weighted by Crippen LogP contribution is 2.20. The van der Waals surface area contributed by atoms with Crippen molar-refractivity contribution in [3.05, 3.63) is 53.2 Å². The Morgan fingerprint density at radius 3 is 2.63 bits per heavy atom. The van der Waals surface area contributed by atoms with E-state index in [-0.39, 0.29) is 30.8 Å². The highest BCUT2D eigenvalue weighted by Gasteiger charge is 2.28. The average Bonchev–Trinajstić information content (AvgIpc) is 2.74. The summed E-state index contributed by atoms with van der Waals surface area (Å²) in [7, 11) is 0. The standard InChI is InChI=1S/C21H23ClN4O4/c22-16-5-8-19(24-11-16)25-21(29)15-2-1-9-26(12-15)20(28)13-30-17-6-3-14(4-7-17)10-18(23)27/h3-8,11,15H,1-2,9-10,12-13H2,(H2,23,27)(H,24,25,29). The number of nitrogens with zero attached hydrogens (tertiary/aromatic N) is 2. The van der Waals surface area contributed by atoms with Gasteiger partial charge in [-0.05, 0) is 42.7 Å². The molecule has 158 valence electrons. The van der Waals surface area contributed by atoms with Gasteiger partial charge in [-0.3, -0.25) is 14.4 Å². The maximum atomic E-state index is 12.5. The average molecular weight is 431 g/mol. The van der Waals surface area contributed by atoms with Crippen molar-refractivity contribution < 1.29 is 19.1 Å². The highest BCUT2D eigenvalue weighted by atomic mass is 35.5. The Kier molecular flexibility index (Phi) is 7.24. The van der Waals surface area contributed by atoms with Gasteiger partial charge < -0.3 is 20.7 Å². The largest absolute Gasteiger partial charge is 0.484 e. The first-order valence-electron chi connectivity index (χ1n) is 9.61. The number of hydrogen-bond acceptors (Lipinski definition) is 5. The maximum absolute atomic E-state index is 12.5. The Hall–Kier alpha value is -3.13. The van der Waals surface area contributed by atoms with Crippen LogP contribution in [0.5, 0.6) is 5.75 Å². The molecule has 8 nitrogen and oxygen atoms in total. The number of likely N-dealkylation sites (tertiary alicyclic amines) is 1. The van der Waals surface area contributed by atoms with Gasteiger partial charge in [-0.25, -0.2) is 4.98 Å². The predicted octanol–water partition coefficient (Wildman–Crippen LogP) is 2.02. The molecule has 0 aliphatic carbocycles. The molecule has 0 saturated carbocycles. The zero-order valence-corrected chi connectivity index (χ0v) is 17.1. The van der Waals surface area contributed by atoms with Gasteiger partial charge in [0.1, 0.15) is 11.6 Å². The van der Waals surface area contributed by atoms with Crippen LogP contribution in [0.1, 0.15) is 18.4 Å². The number of nitrogens with one attached hydrogen (secondary N) is 1. The van der Waals surface area contributed by atoms with E-state index in [9.17, 15) is 14.4 Å². The lowest BCUT2D eigenvalue weighted by molar-refractivity contribution is -0.136. The van der Waals surface area contributed by atoms with Crippen LogP contribution in [-0.2, 0) is 20.8 Å². The molecule has 0 radical (unpaired) electrons. The third kappa shape index (κ3) is 6.18. The first kappa shape index (κ1) is 21.6. The van der Waals surface area contributed by atoms with Crippen molar-refractivity contribution in [1.82, 2.24) is 9.88 Å². The fourth-order valence-corrected chi connectivity index (χ4v) is 3.35. The number of amides is 3. The smallest absolute Gasteiger partial charge is 0.260 e. The van der Waals surface area contributed by atoms with Crippen LogP contribution in [0.15, 0.2) is 42.6 Å². The number of benzene rings is 1. The molecule has 1 unspecified atom stereocenters. The summed E-state index contributed by atoms with van der Waals surface area (Å²) < 4.78 is 5.55. The van der Waals surface area contributed by atoms with E-state index in [4.69, 9.17) is 22.1 Å². The van der Waals surface area contributed by atoms with Crippen LogP contribution < -0.4 is 15.8 Å². The van der Waals surface area contributed by atoms with E-state index >= 15 is 0 Å². The highest BCUT2D eigenvalue weighted by molar-refractivity contribution is 6.30. The summed E-state index contributed by atoms with van der Waals surface area (Å²) in [6.45, 7) is 0.796. The van der Waals surface area contributed by atoms with Gasteiger partial charge in [-0.2, -0.15) is 0 Å². The second kappa shape index (κ2) is 10.1. The predicted molar refractivity (Wildman–Crippen MR) is 112 cm³/mol. The minimum atomic E-state index is -0.408. The monoisotopic (exact) mass is 430 g/mol. The van der Waals surface area contributed by atoms with Gasteiger partial charge in [0.15, 0.2) is 6.61 Å². The Bertz CT molecular complexity index is 902. The van der Waals surface area contributed by atoms with Crippen LogP contribution >= 0.6 is 11.6 Å². The second-order valence-electron chi connectivity index (χ2n) is 7.11. The molecule has 2 aromatic rings. The zero-order chi connectivity index (χ0) is 21.5. The van der Waals surface area contributed by atoms with Crippen LogP contribution in [0.2, 0.25) is 5.02 Å². The van der Waals surface area contributed by atoms with Crippen molar-refractivity contribution in [2.24, 2.45) is 11.7 Å². The molecule has 1 aromatic carbocycles. The third-order valence-electron chi connectivity index (χ3n) is 4.79. The van der Waals surface area contributed by atoms with Crippen molar-refractivity contribution >= 4 is 35.1 Å². The molecule has 1 aromatic heterocycles. The van der Waals surface area contributed by atoms with Crippen molar-refractivity contribution in [3.8, 4) is 5.75 Å². The SMILES string of the molecule is NC(=O)Cc1ccc(OCC(=O)N2CCCC(C(=O)Nc3ccc(Cl)cn3)C2)cc1. The molecule has 3 amide bonds. The minimum Gasteiger partial charge on any atom is -0.484 e. The summed E-state index contributed by atoms with van der Waals surface area (Å²) in [5.74, 6) is -0.123. The lowest BCUT2D eigenvalue weighted by Crippen LogP contribution is -2.45. The molecule has 2 heterocycles. The third-order valence-corrected chi connectivity index (χ3v) is 5.01. The molecule has 30 heavy (non-hydrogen) atoms. The van der Waals surface area contributed by atoms with E-state index in [1.165, 1.54) is 6.20 Å². The summed E-state index contributed by atoms with van der Waals surface area (Å²) in [6, 6.07) is 10.1. The molecule has 1 saturated heterocycles. The molecule has 3 N–H and O–H groups in total. The van der Waals surface area contributed by atoms with Crippen LogP contribution in [0.25, 0.3) is 0 Å². The van der Waals surface area contributed by atoms with Gasteiger partial charge in [0.05, 0.1) is 17.4 Å². The van der Waals surface area contributed by atoms with E-state index in [0.717, 1.165) is 12.0 Å². The molecule has 0 spiro atoms. The Morgan fingerprint density at radius 2 is 1.97 bits per heavy atom. The number of primary amides is 1. The van der Waals surface area contributed by atoms with Gasteiger partial charge in [-0.15, -0.1) is 0 Å². The number of rotatable bonds is 7. The number of aromatic nitrogens is 1. The summed E-state index contributed by atoms with van der Waals surface area (Å²) >= 11 is 5.80. The molecule has 1 fully saturated rings. The normalized spacial score (nSPS) is 16.0. The molecular weight excluding hydrogens is 408 g/mol. The van der Waals surface area contributed by atoms with Gasteiger partial charge >= 0.3 is 0 Å². The number of carbonyl (C=O) groups excluding carboxylic acids is 3. The van der Waals surface area contributed by atoms with E-state index < -0.39 is 5.91 Å². The molecule has 1 aliphatic rings. The molecule has 1 atom stereocenters. The minimum absolute atomic E-state index is 0.123. The van der Waals surface area contributed by atoms with Crippen LogP contribution in [0.3, 0.4) is 0 Å². The number of piperidine rings is 1. The van der Waals surface area contributed by atoms with E-state index in [1.54, 1.807) is 41.3 Å². The van der Waals surface area contributed by atoms with E-state index in [1.807, 2.05) is 0 Å². The number of ether oxygens (including phenoxy) is 1. The second-order valence-corrected chi connectivity index (χ2v) is 7.54. The summed E-state index contributed by atoms with van der Waals surface area (Å²) in [5, 5.41) is 3.25. The Labute approximate surface area is 179 Å². The lowest BCUT2D eigenvalue weighted by atomic mass is 9.97. The van der Waals surface area contributed by atoms with Crippen LogP contribution in [0, 0.1) is 5.92 Å². The molecule has 9 heteroatoms. The van der Waals surface area contributed by atoms with Crippen molar-refractivity contribution in [1.29, 1.82) is 0 Å². The fourth-order valence-electron chi connectivity index (χ4n) is 3.24. The topological polar surface area (TPSA) is 115 Å². The molecule has 3 rings (SSSR count). The van der Waals surface area contributed by atoms with Crippen molar-refractivity contribution in [2.75, 3.05) is 25.0 Å². The number of pyridine rings is 1. The molecule has 1 aliphatic heterocycles. The molecule has 0 bridgehead atoms. The Balaban J connectivity index is 1.49. The van der Waals surface area contributed by atoms with Crippen molar-refractivity contribution in [2.45, 2.75) is 19.3 Å². The number of anilines is 1. The van der Waals surface area contributed by atoms with Gasteiger partial charge in [-0.1, -0.05) is 23.7 Å². The summed E-state index contributed by atoms with van der Waals surface area (Å²) in [6.07, 6.45) is 3.05. The Morgan fingerprint density at radius 1 is 1.20 bits per heavy atom. The van der Waals surface area contributed by atoms with Crippen molar-refractivity contribution in [3.63, 3.8) is 0 Å². The number of hydrogen-bond donors (Lipinski definition) is 2. The quantitative estimate of drug-likeness (QED) is 0.697. The van der Waals surface area contributed by atoms with E-state index in [2.05, 4.69) is 10.3 Å². The first-order chi connectivity index (χ1) is 14.4. The van der Waals surface area contributed by atoms with E-state index in [0.29, 0.717) is 36.1 Å². The maximum Gasteiger partial charge on any atom is 0.260 e. The first-order valence-corrected chi connectivity index (χ1v) is 9.99. The fraction of sp³-hybridized carbons (Fsp3) is 0.333. The zero-order valence-electron chi connectivity index (χ0n) is 16.3. The van der Waals surface area contributed by atoms with Crippen LogP contribution in [0.4, 0.5) is 5.82 Å². The van der Waals surface area contributed by atoms with Gasteiger partial charge in [0, 0.05) is 19.3 Å². The lowest BCUT2D eigenvalue weighted by Gasteiger charge is -2.32. The summed E-state index contributed by atoms with van der Waals surface area (Å²) in [5.41, 5.74) is 5.95. The number of carbonyl (C=O) groups is 3. The molecular formula is C21H23ClN4O4. The van der Waals surface area contributed by atoms with Gasteiger partial charge in [0.25, 0.3) is 5.91 Å². The van der Waals surface area contributed by atoms with Crippen LogP contribution in [-0.4, -0.2) is 47.3 Å². The van der Waals surface area contributed by atoms with Gasteiger partial charge in [0.2, 0.25) is 11.8 Å². The number of halogens is 1. The number of nitrogens with two attached hydrogens (primary N) is 1. The summed E-state index contributed by atoms with van der Waals surface area (Å²) in [4.78, 5) is 41.7.